The van der Waals surface area contributed by atoms with Gasteiger partial charge in [-0.3, -0.25) is 0 Å². The quantitative estimate of drug-likeness (QED) is 0.771. The van der Waals surface area contributed by atoms with E-state index in [1.165, 1.54) is 24.9 Å². The number of benzene rings is 1. The summed E-state index contributed by atoms with van der Waals surface area (Å²) in [5.74, 6) is 2.85. The van der Waals surface area contributed by atoms with Crippen LogP contribution in [0.3, 0.4) is 0 Å². The van der Waals surface area contributed by atoms with Crippen LogP contribution in [0.15, 0.2) is 30.3 Å². The minimum atomic E-state index is 0.728. The zero-order valence-electron chi connectivity index (χ0n) is 9.32. The molecule has 2 aliphatic rings. The molecule has 1 heteroatoms. The number of rotatable bonds is 2. The summed E-state index contributed by atoms with van der Waals surface area (Å²) in [6.07, 6.45) is 4.35. The highest BCUT2D eigenvalue weighted by molar-refractivity contribution is 5.44. The van der Waals surface area contributed by atoms with Gasteiger partial charge in [0.2, 0.25) is 0 Å². The van der Waals surface area contributed by atoms with Gasteiger partial charge in [0.15, 0.2) is 0 Å². The van der Waals surface area contributed by atoms with Crippen molar-refractivity contribution in [3.63, 3.8) is 0 Å². The molecule has 1 aromatic rings. The lowest BCUT2D eigenvalue weighted by Crippen LogP contribution is -2.33. The molecule has 0 amide bonds. The third-order valence-corrected chi connectivity index (χ3v) is 4.15. The molecule has 1 aromatic carbocycles. The van der Waals surface area contributed by atoms with E-state index in [1.807, 2.05) is 0 Å². The van der Waals surface area contributed by atoms with Gasteiger partial charge in [0.05, 0.1) is 0 Å². The molecular weight excluding hydrogens is 182 g/mol. The lowest BCUT2D eigenvalue weighted by atomic mass is 9.86. The largest absolute Gasteiger partial charge is 0.382 e. The minimum Gasteiger partial charge on any atom is -0.382 e. The van der Waals surface area contributed by atoms with Crippen LogP contribution in [0.5, 0.6) is 0 Å². The molecule has 80 valence electrons. The van der Waals surface area contributed by atoms with E-state index in [4.69, 9.17) is 0 Å². The summed E-state index contributed by atoms with van der Waals surface area (Å²) in [5.41, 5.74) is 1.29. The summed E-state index contributed by atoms with van der Waals surface area (Å²) >= 11 is 0. The van der Waals surface area contributed by atoms with E-state index in [9.17, 15) is 0 Å². The van der Waals surface area contributed by atoms with Crippen LogP contribution >= 0.6 is 0 Å². The molecule has 0 saturated heterocycles. The van der Waals surface area contributed by atoms with Crippen molar-refractivity contribution in [2.24, 2.45) is 17.8 Å². The van der Waals surface area contributed by atoms with Crippen LogP contribution in [0.1, 0.15) is 26.2 Å². The molecule has 0 aliphatic heterocycles. The lowest BCUT2D eigenvalue weighted by Gasteiger charge is -2.30. The van der Waals surface area contributed by atoms with Gasteiger partial charge in [0.25, 0.3) is 0 Å². The predicted octanol–water partition coefficient (Wildman–Crippen LogP) is 3.53. The van der Waals surface area contributed by atoms with Gasteiger partial charge < -0.3 is 5.32 Å². The monoisotopic (exact) mass is 201 g/mol. The van der Waals surface area contributed by atoms with Gasteiger partial charge in [-0.1, -0.05) is 25.1 Å². The second kappa shape index (κ2) is 3.55. The molecule has 2 fully saturated rings. The molecule has 3 rings (SSSR count). The van der Waals surface area contributed by atoms with Crippen molar-refractivity contribution in [3.8, 4) is 0 Å². The highest BCUT2D eigenvalue weighted by Gasteiger charge is 2.47. The Morgan fingerprint density at radius 3 is 2.73 bits per heavy atom. The normalized spacial score (nSPS) is 38.2. The second-order valence-electron chi connectivity index (χ2n) is 5.25. The van der Waals surface area contributed by atoms with E-state index in [2.05, 4.69) is 42.6 Å². The van der Waals surface area contributed by atoms with Crippen molar-refractivity contribution >= 4 is 5.69 Å². The van der Waals surface area contributed by atoms with Crippen molar-refractivity contribution in [2.75, 3.05) is 5.32 Å². The molecule has 0 radical (unpaired) electrons. The maximum Gasteiger partial charge on any atom is 0.0342 e. The minimum absolute atomic E-state index is 0.728. The third-order valence-electron chi connectivity index (χ3n) is 4.15. The highest BCUT2D eigenvalue weighted by Crippen LogP contribution is 2.52. The highest BCUT2D eigenvalue weighted by atomic mass is 15.0. The van der Waals surface area contributed by atoms with Crippen LogP contribution in [0, 0.1) is 17.8 Å². The fourth-order valence-corrected chi connectivity index (χ4v) is 3.10. The maximum absolute atomic E-state index is 3.72. The van der Waals surface area contributed by atoms with Crippen molar-refractivity contribution < 1.29 is 0 Å². The van der Waals surface area contributed by atoms with Gasteiger partial charge >= 0.3 is 0 Å². The Labute approximate surface area is 91.9 Å². The van der Waals surface area contributed by atoms with E-state index < -0.39 is 0 Å². The van der Waals surface area contributed by atoms with Gasteiger partial charge in [-0.2, -0.15) is 0 Å². The van der Waals surface area contributed by atoms with E-state index in [0.29, 0.717) is 0 Å². The lowest BCUT2D eigenvalue weighted by molar-refractivity contribution is 0.333. The summed E-state index contributed by atoms with van der Waals surface area (Å²) in [6, 6.07) is 11.4. The SMILES string of the molecule is CC1CCC2CC2C1Nc1ccccc1. The van der Waals surface area contributed by atoms with Gasteiger partial charge in [0, 0.05) is 11.7 Å². The van der Waals surface area contributed by atoms with Crippen molar-refractivity contribution in [2.45, 2.75) is 32.2 Å². The molecule has 1 N–H and O–H groups in total. The van der Waals surface area contributed by atoms with Crippen molar-refractivity contribution in [3.05, 3.63) is 30.3 Å². The van der Waals surface area contributed by atoms with E-state index in [0.717, 1.165) is 23.8 Å². The fraction of sp³-hybridized carbons (Fsp3) is 0.571. The summed E-state index contributed by atoms with van der Waals surface area (Å²) in [7, 11) is 0. The van der Waals surface area contributed by atoms with Crippen LogP contribution < -0.4 is 5.32 Å². The predicted molar refractivity (Wildman–Crippen MR) is 63.8 cm³/mol. The first-order valence-corrected chi connectivity index (χ1v) is 6.16. The van der Waals surface area contributed by atoms with E-state index >= 15 is 0 Å². The molecule has 0 bridgehead atoms. The number of nitrogens with one attached hydrogen (secondary N) is 1. The Morgan fingerprint density at radius 2 is 1.93 bits per heavy atom. The van der Waals surface area contributed by atoms with Crippen molar-refractivity contribution in [1.82, 2.24) is 0 Å². The topological polar surface area (TPSA) is 12.0 Å². The number of hydrogen-bond donors (Lipinski definition) is 1. The average Bonchev–Trinajstić information content (AvgIpc) is 3.03. The van der Waals surface area contributed by atoms with E-state index in [-0.39, 0.29) is 0 Å². The van der Waals surface area contributed by atoms with Crippen LogP contribution in [-0.2, 0) is 0 Å². The van der Waals surface area contributed by atoms with Crippen LogP contribution in [0.25, 0.3) is 0 Å². The molecule has 4 unspecified atom stereocenters. The third kappa shape index (κ3) is 1.75. The molecule has 4 atom stereocenters. The Balaban J connectivity index is 1.72. The molecule has 0 aromatic heterocycles. The maximum atomic E-state index is 3.72. The molecule has 0 spiro atoms. The molecular formula is C14H19N. The Morgan fingerprint density at radius 1 is 1.13 bits per heavy atom. The first kappa shape index (κ1) is 9.26. The van der Waals surface area contributed by atoms with Gasteiger partial charge in [-0.25, -0.2) is 0 Å². The summed E-state index contributed by atoms with van der Waals surface area (Å²) in [5, 5.41) is 3.72. The first-order chi connectivity index (χ1) is 7.34. The van der Waals surface area contributed by atoms with Crippen molar-refractivity contribution in [1.29, 1.82) is 0 Å². The van der Waals surface area contributed by atoms with Crippen LogP contribution in [0.2, 0.25) is 0 Å². The summed E-state index contributed by atoms with van der Waals surface area (Å²) < 4.78 is 0. The number of hydrogen-bond acceptors (Lipinski definition) is 1. The zero-order chi connectivity index (χ0) is 10.3. The zero-order valence-corrected chi connectivity index (χ0v) is 9.32. The number of anilines is 1. The summed E-state index contributed by atoms with van der Waals surface area (Å²) in [4.78, 5) is 0. The molecule has 2 aliphatic carbocycles. The van der Waals surface area contributed by atoms with Crippen LogP contribution in [-0.4, -0.2) is 6.04 Å². The molecule has 0 heterocycles. The number of fused-ring (bicyclic) bond motifs is 1. The Hall–Kier alpha value is -0.980. The first-order valence-electron chi connectivity index (χ1n) is 6.16. The van der Waals surface area contributed by atoms with Gasteiger partial charge in [-0.15, -0.1) is 0 Å². The number of para-hydroxylation sites is 1. The Kier molecular flexibility index (Phi) is 2.19. The van der Waals surface area contributed by atoms with Gasteiger partial charge in [-0.05, 0) is 49.1 Å². The average molecular weight is 201 g/mol. The van der Waals surface area contributed by atoms with E-state index in [1.54, 1.807) is 0 Å². The van der Waals surface area contributed by atoms with Crippen LogP contribution in [0.4, 0.5) is 5.69 Å². The van der Waals surface area contributed by atoms with Gasteiger partial charge in [0.1, 0.15) is 0 Å². The smallest absolute Gasteiger partial charge is 0.0342 e. The second-order valence-corrected chi connectivity index (χ2v) is 5.25. The Bertz CT molecular complexity index is 330. The standard InChI is InChI=1S/C14H19N/c1-10-7-8-11-9-13(11)14(10)15-12-5-3-2-4-6-12/h2-6,10-11,13-15H,7-9H2,1H3. The summed E-state index contributed by atoms with van der Waals surface area (Å²) in [6.45, 7) is 2.40. The molecule has 1 nitrogen and oxygen atoms in total. The fourth-order valence-electron chi connectivity index (χ4n) is 3.10. The molecule has 2 saturated carbocycles. The molecule has 15 heavy (non-hydrogen) atoms.